The Morgan fingerprint density at radius 2 is 2.07 bits per heavy atom. The van der Waals surface area contributed by atoms with E-state index < -0.39 is 0 Å². The number of nitrogens with zero attached hydrogens (tertiary/aromatic N) is 3. The molecule has 0 aliphatic rings. The molecule has 0 aliphatic heterocycles. The third-order valence-electron chi connectivity index (χ3n) is 4.18. The number of carbonyl (C=O) groups excluding carboxylic acids is 1. The largest absolute Gasteiger partial charge is 0.336 e. The van der Waals surface area contributed by atoms with E-state index in [4.69, 9.17) is 12.2 Å². The van der Waals surface area contributed by atoms with Crippen molar-refractivity contribution in [1.29, 1.82) is 0 Å². The van der Waals surface area contributed by atoms with Crippen LogP contribution >= 0.6 is 23.6 Å². The van der Waals surface area contributed by atoms with Crippen LogP contribution in [0.2, 0.25) is 0 Å². The van der Waals surface area contributed by atoms with Gasteiger partial charge in [0.25, 0.3) is 11.5 Å². The van der Waals surface area contributed by atoms with Gasteiger partial charge in [-0.25, -0.2) is 9.37 Å². The molecule has 3 heterocycles. The Kier molecular flexibility index (Phi) is 4.65. The number of benzene rings is 1. The second kappa shape index (κ2) is 7.13. The number of fused-ring (bicyclic) bond motifs is 1. The molecule has 0 atom stereocenters. The van der Waals surface area contributed by atoms with Gasteiger partial charge in [0.05, 0.1) is 12.1 Å². The quantitative estimate of drug-likeness (QED) is 0.501. The van der Waals surface area contributed by atoms with Gasteiger partial charge in [0.1, 0.15) is 22.0 Å². The molecule has 4 rings (SSSR count). The summed E-state index contributed by atoms with van der Waals surface area (Å²) in [6, 6.07) is 7.44. The Balaban J connectivity index is 1.65. The zero-order chi connectivity index (χ0) is 19.8. The fraction of sp³-hybridized carbons (Fsp3) is 0.111. The summed E-state index contributed by atoms with van der Waals surface area (Å²) in [7, 11) is 1.60. The Hall–Kier alpha value is -3.11. The van der Waals surface area contributed by atoms with E-state index in [-0.39, 0.29) is 29.5 Å². The highest BCUT2D eigenvalue weighted by atomic mass is 32.1. The fourth-order valence-corrected chi connectivity index (χ4v) is 3.85. The molecule has 7 nitrogen and oxygen atoms in total. The summed E-state index contributed by atoms with van der Waals surface area (Å²) in [6.07, 6.45) is 1.50. The van der Waals surface area contributed by atoms with Crippen molar-refractivity contribution in [2.45, 2.75) is 6.54 Å². The molecule has 142 valence electrons. The van der Waals surface area contributed by atoms with E-state index in [9.17, 15) is 14.0 Å². The maximum absolute atomic E-state index is 13.2. The first-order chi connectivity index (χ1) is 13.4. The van der Waals surface area contributed by atoms with Crippen molar-refractivity contribution in [3.63, 3.8) is 0 Å². The van der Waals surface area contributed by atoms with Crippen molar-refractivity contribution < 1.29 is 9.18 Å². The second-order valence-electron chi connectivity index (χ2n) is 6.10. The van der Waals surface area contributed by atoms with Crippen LogP contribution < -0.4 is 5.56 Å². The number of amides is 1. The molecule has 3 aromatic heterocycles. The number of aromatic nitrogens is 4. The van der Waals surface area contributed by atoms with Gasteiger partial charge in [-0.05, 0) is 47.9 Å². The van der Waals surface area contributed by atoms with Crippen LogP contribution in [0.15, 0.2) is 46.7 Å². The molecule has 0 saturated carbocycles. The Morgan fingerprint density at radius 3 is 2.82 bits per heavy atom. The van der Waals surface area contributed by atoms with Gasteiger partial charge < -0.3 is 14.9 Å². The molecule has 0 unspecified atom stereocenters. The van der Waals surface area contributed by atoms with E-state index in [1.54, 1.807) is 30.6 Å². The van der Waals surface area contributed by atoms with E-state index >= 15 is 0 Å². The van der Waals surface area contributed by atoms with Crippen LogP contribution in [-0.4, -0.2) is 37.4 Å². The number of imidazole rings is 1. The first-order valence-electron chi connectivity index (χ1n) is 8.22. The molecule has 10 heteroatoms. The van der Waals surface area contributed by atoms with Gasteiger partial charge in [0.2, 0.25) is 0 Å². The molecular weight excluding hydrogens is 401 g/mol. The number of carbonyl (C=O) groups is 1. The van der Waals surface area contributed by atoms with Crippen molar-refractivity contribution in [1.82, 2.24) is 24.4 Å². The van der Waals surface area contributed by atoms with E-state index in [0.717, 1.165) is 0 Å². The molecule has 0 aliphatic carbocycles. The van der Waals surface area contributed by atoms with Crippen molar-refractivity contribution >= 4 is 39.7 Å². The van der Waals surface area contributed by atoms with Crippen LogP contribution in [0.3, 0.4) is 0 Å². The van der Waals surface area contributed by atoms with Crippen LogP contribution in [0, 0.1) is 10.6 Å². The summed E-state index contributed by atoms with van der Waals surface area (Å²) in [5.41, 5.74) is 1.22. The molecular formula is C18H14FN5O2S2. The molecule has 28 heavy (non-hydrogen) atoms. The van der Waals surface area contributed by atoms with Crippen molar-refractivity contribution in [2.75, 3.05) is 7.05 Å². The molecule has 2 N–H and O–H groups in total. The third-order valence-corrected chi connectivity index (χ3v) is 5.38. The minimum atomic E-state index is -0.380. The van der Waals surface area contributed by atoms with Gasteiger partial charge in [0.15, 0.2) is 4.77 Å². The number of halogens is 1. The first-order valence-corrected chi connectivity index (χ1v) is 9.51. The number of rotatable bonds is 4. The van der Waals surface area contributed by atoms with Crippen LogP contribution in [0.4, 0.5) is 4.39 Å². The fourth-order valence-electron chi connectivity index (χ4n) is 2.86. The molecule has 0 radical (unpaired) electrons. The van der Waals surface area contributed by atoms with Gasteiger partial charge >= 0.3 is 0 Å². The molecule has 4 aromatic rings. The normalized spacial score (nSPS) is 11.1. The van der Waals surface area contributed by atoms with Crippen LogP contribution in [-0.2, 0) is 6.54 Å². The summed E-state index contributed by atoms with van der Waals surface area (Å²) >= 11 is 6.58. The maximum Gasteiger partial charge on any atom is 0.272 e. The zero-order valence-electron chi connectivity index (χ0n) is 14.6. The molecule has 1 amide bonds. The lowest BCUT2D eigenvalue weighted by Gasteiger charge is -2.17. The molecule has 0 saturated heterocycles. The molecule has 0 spiro atoms. The Morgan fingerprint density at radius 1 is 1.32 bits per heavy atom. The highest BCUT2D eigenvalue weighted by Gasteiger charge is 2.19. The average Bonchev–Trinajstić information content (AvgIpc) is 3.29. The van der Waals surface area contributed by atoms with Gasteiger partial charge in [-0.1, -0.05) is 0 Å². The Bertz CT molecular complexity index is 1290. The van der Waals surface area contributed by atoms with E-state index in [2.05, 4.69) is 15.0 Å². The minimum Gasteiger partial charge on any atom is -0.336 e. The zero-order valence-corrected chi connectivity index (χ0v) is 16.2. The van der Waals surface area contributed by atoms with Crippen molar-refractivity contribution in [3.8, 4) is 5.69 Å². The van der Waals surface area contributed by atoms with Crippen LogP contribution in [0.5, 0.6) is 0 Å². The van der Waals surface area contributed by atoms with Crippen molar-refractivity contribution in [3.05, 3.63) is 74.4 Å². The third kappa shape index (κ3) is 3.27. The highest BCUT2D eigenvalue weighted by Crippen LogP contribution is 2.17. The topological polar surface area (TPSA) is 86.8 Å². The lowest BCUT2D eigenvalue weighted by Crippen LogP contribution is -2.29. The van der Waals surface area contributed by atoms with Gasteiger partial charge in [-0.3, -0.25) is 14.2 Å². The van der Waals surface area contributed by atoms with Gasteiger partial charge in [-0.15, -0.1) is 11.3 Å². The van der Waals surface area contributed by atoms with E-state index in [1.807, 2.05) is 0 Å². The van der Waals surface area contributed by atoms with Crippen LogP contribution in [0.25, 0.3) is 15.9 Å². The first kappa shape index (κ1) is 18.3. The van der Waals surface area contributed by atoms with Crippen LogP contribution in [0.1, 0.15) is 16.3 Å². The lowest BCUT2D eigenvalue weighted by molar-refractivity contribution is 0.0773. The van der Waals surface area contributed by atoms with Gasteiger partial charge in [-0.2, -0.15) is 0 Å². The smallest absolute Gasteiger partial charge is 0.272 e. The summed E-state index contributed by atoms with van der Waals surface area (Å²) in [5.74, 6) is -0.325. The number of hydrogen-bond donors (Lipinski definition) is 2. The minimum absolute atomic E-state index is 0.112. The summed E-state index contributed by atoms with van der Waals surface area (Å²) in [4.78, 5) is 36.4. The lowest BCUT2D eigenvalue weighted by atomic mass is 10.3. The highest BCUT2D eigenvalue weighted by molar-refractivity contribution is 7.71. The number of H-pyrrole nitrogens is 2. The standard InChI is InChI=1S/C18H14FN5O2S2/c1-23(9-14-21-12-6-7-28-15(12)16(25)22-14)17(26)13-8-20-18(27)24(13)11-4-2-10(19)3-5-11/h2-8H,9H2,1H3,(H,20,27)(H,21,22,25). The van der Waals surface area contributed by atoms with Gasteiger partial charge in [0, 0.05) is 18.9 Å². The van der Waals surface area contributed by atoms with Crippen molar-refractivity contribution in [2.24, 2.45) is 0 Å². The summed E-state index contributed by atoms with van der Waals surface area (Å²) in [5, 5.41) is 1.79. The molecule has 1 aromatic carbocycles. The SMILES string of the molecule is CN(Cc1nc2ccsc2c(=O)[nH]1)C(=O)c1c[nH]c(=S)n1-c1ccc(F)cc1. The number of hydrogen-bond acceptors (Lipinski definition) is 5. The number of thiophene rings is 1. The van der Waals surface area contributed by atoms with E-state index in [0.29, 0.717) is 26.5 Å². The predicted molar refractivity (Wildman–Crippen MR) is 107 cm³/mol. The average molecular weight is 415 g/mol. The summed E-state index contributed by atoms with van der Waals surface area (Å²) < 4.78 is 15.6. The monoisotopic (exact) mass is 415 g/mol. The number of aromatic amines is 2. The van der Waals surface area contributed by atoms with E-state index in [1.165, 1.54) is 39.1 Å². The second-order valence-corrected chi connectivity index (χ2v) is 7.40. The summed E-state index contributed by atoms with van der Waals surface area (Å²) in [6.45, 7) is 0.112. The molecule has 0 fully saturated rings. The Labute approximate surface area is 167 Å². The molecule has 0 bridgehead atoms. The number of nitrogens with one attached hydrogen (secondary N) is 2. The predicted octanol–water partition coefficient (Wildman–Crippen LogP) is 3.24. The maximum atomic E-state index is 13.2.